The van der Waals surface area contributed by atoms with Crippen molar-refractivity contribution in [1.29, 1.82) is 0 Å². The van der Waals surface area contributed by atoms with E-state index in [2.05, 4.69) is 12.2 Å². The SMILES string of the molecule is CCC[C@H](C)NC(=O)c1ccoc1C. The average molecular weight is 195 g/mol. The van der Waals surface area contributed by atoms with Crippen LogP contribution in [0.1, 0.15) is 42.8 Å². The molecule has 1 N–H and O–H groups in total. The second-order valence-corrected chi connectivity index (χ2v) is 3.55. The summed E-state index contributed by atoms with van der Waals surface area (Å²) in [7, 11) is 0. The quantitative estimate of drug-likeness (QED) is 0.802. The summed E-state index contributed by atoms with van der Waals surface area (Å²) in [6, 6.07) is 1.92. The van der Waals surface area contributed by atoms with Gasteiger partial charge in [-0.1, -0.05) is 13.3 Å². The highest BCUT2D eigenvalue weighted by atomic mass is 16.3. The highest BCUT2D eigenvalue weighted by molar-refractivity contribution is 5.95. The van der Waals surface area contributed by atoms with E-state index in [4.69, 9.17) is 4.42 Å². The van der Waals surface area contributed by atoms with Crippen LogP contribution in [0, 0.1) is 6.92 Å². The number of furan rings is 1. The van der Waals surface area contributed by atoms with E-state index in [-0.39, 0.29) is 11.9 Å². The van der Waals surface area contributed by atoms with Gasteiger partial charge >= 0.3 is 0 Å². The van der Waals surface area contributed by atoms with Gasteiger partial charge < -0.3 is 9.73 Å². The standard InChI is InChI=1S/C11H17NO2/c1-4-5-8(2)12-11(13)10-6-7-14-9(10)3/h6-8H,4-5H2,1-3H3,(H,12,13)/t8-/m0/s1. The number of aryl methyl sites for hydroxylation is 1. The molecule has 0 saturated heterocycles. The summed E-state index contributed by atoms with van der Waals surface area (Å²) < 4.78 is 5.07. The molecule has 0 aromatic carbocycles. The Balaban J connectivity index is 2.55. The predicted molar refractivity (Wildman–Crippen MR) is 55.3 cm³/mol. The second-order valence-electron chi connectivity index (χ2n) is 3.55. The van der Waals surface area contributed by atoms with E-state index in [0.717, 1.165) is 12.8 Å². The van der Waals surface area contributed by atoms with Crippen molar-refractivity contribution < 1.29 is 9.21 Å². The summed E-state index contributed by atoms with van der Waals surface area (Å²) in [6.07, 6.45) is 3.61. The van der Waals surface area contributed by atoms with Gasteiger partial charge in [0.15, 0.2) is 0 Å². The Hall–Kier alpha value is -1.25. The predicted octanol–water partition coefficient (Wildman–Crippen LogP) is 2.51. The lowest BCUT2D eigenvalue weighted by Gasteiger charge is -2.11. The van der Waals surface area contributed by atoms with Gasteiger partial charge in [-0.25, -0.2) is 0 Å². The summed E-state index contributed by atoms with van der Waals surface area (Å²) >= 11 is 0. The van der Waals surface area contributed by atoms with Gasteiger partial charge in [0, 0.05) is 6.04 Å². The van der Waals surface area contributed by atoms with Crippen molar-refractivity contribution in [2.24, 2.45) is 0 Å². The van der Waals surface area contributed by atoms with Crippen LogP contribution in [0.2, 0.25) is 0 Å². The number of hydrogen-bond donors (Lipinski definition) is 1. The number of hydrogen-bond acceptors (Lipinski definition) is 2. The Labute approximate surface area is 84.5 Å². The largest absolute Gasteiger partial charge is 0.469 e. The van der Waals surface area contributed by atoms with Crippen LogP contribution in [0.5, 0.6) is 0 Å². The van der Waals surface area contributed by atoms with Gasteiger partial charge in [0.05, 0.1) is 11.8 Å². The van der Waals surface area contributed by atoms with Gasteiger partial charge in [-0.05, 0) is 26.3 Å². The van der Waals surface area contributed by atoms with Gasteiger partial charge in [0.1, 0.15) is 5.76 Å². The summed E-state index contributed by atoms with van der Waals surface area (Å²) in [5.41, 5.74) is 0.632. The lowest BCUT2D eigenvalue weighted by molar-refractivity contribution is 0.0937. The fourth-order valence-electron chi connectivity index (χ4n) is 1.43. The van der Waals surface area contributed by atoms with Crippen LogP contribution in [0.15, 0.2) is 16.7 Å². The zero-order chi connectivity index (χ0) is 10.6. The maximum atomic E-state index is 11.6. The van der Waals surface area contributed by atoms with Gasteiger partial charge in [0.25, 0.3) is 5.91 Å². The fraction of sp³-hybridized carbons (Fsp3) is 0.545. The number of rotatable bonds is 4. The smallest absolute Gasteiger partial charge is 0.255 e. The van der Waals surface area contributed by atoms with Gasteiger partial charge in [-0.15, -0.1) is 0 Å². The van der Waals surface area contributed by atoms with Crippen LogP contribution in [0.3, 0.4) is 0 Å². The minimum atomic E-state index is -0.0443. The molecule has 0 saturated carbocycles. The molecule has 0 spiro atoms. The van der Waals surface area contributed by atoms with E-state index in [1.165, 1.54) is 6.26 Å². The summed E-state index contributed by atoms with van der Waals surface area (Å²) in [5.74, 6) is 0.628. The summed E-state index contributed by atoms with van der Waals surface area (Å²) in [6.45, 7) is 5.90. The zero-order valence-electron chi connectivity index (χ0n) is 8.96. The van der Waals surface area contributed by atoms with Crippen molar-refractivity contribution >= 4 is 5.91 Å². The molecule has 0 unspecified atom stereocenters. The molecule has 0 aliphatic heterocycles. The molecule has 1 amide bonds. The first-order chi connectivity index (χ1) is 6.65. The Morgan fingerprint density at radius 2 is 2.36 bits per heavy atom. The number of carbonyl (C=O) groups excluding carboxylic acids is 1. The Bertz CT molecular complexity index is 304. The molecule has 0 aliphatic rings. The third-order valence-electron chi connectivity index (χ3n) is 2.20. The second kappa shape index (κ2) is 4.84. The molecule has 0 radical (unpaired) electrons. The fourth-order valence-corrected chi connectivity index (χ4v) is 1.43. The topological polar surface area (TPSA) is 42.2 Å². The van der Waals surface area contributed by atoms with Crippen LogP contribution in [-0.4, -0.2) is 11.9 Å². The van der Waals surface area contributed by atoms with Crippen molar-refractivity contribution in [1.82, 2.24) is 5.32 Å². The van der Waals surface area contributed by atoms with E-state index in [0.29, 0.717) is 11.3 Å². The first-order valence-corrected chi connectivity index (χ1v) is 5.00. The molecule has 1 rings (SSSR count). The van der Waals surface area contributed by atoms with Crippen LogP contribution < -0.4 is 5.32 Å². The highest BCUT2D eigenvalue weighted by Crippen LogP contribution is 2.09. The molecule has 1 heterocycles. The van der Waals surface area contributed by atoms with Crippen molar-refractivity contribution in [3.63, 3.8) is 0 Å². The van der Waals surface area contributed by atoms with Crippen molar-refractivity contribution in [3.05, 3.63) is 23.7 Å². The van der Waals surface area contributed by atoms with Crippen LogP contribution >= 0.6 is 0 Å². The van der Waals surface area contributed by atoms with E-state index < -0.39 is 0 Å². The molecule has 0 bridgehead atoms. The van der Waals surface area contributed by atoms with Crippen LogP contribution in [0.25, 0.3) is 0 Å². The third kappa shape index (κ3) is 2.62. The summed E-state index contributed by atoms with van der Waals surface area (Å²) in [5, 5.41) is 2.93. The molecule has 14 heavy (non-hydrogen) atoms. The highest BCUT2D eigenvalue weighted by Gasteiger charge is 2.12. The lowest BCUT2D eigenvalue weighted by atomic mass is 10.1. The Kier molecular flexibility index (Phi) is 3.74. The van der Waals surface area contributed by atoms with E-state index in [9.17, 15) is 4.79 Å². The van der Waals surface area contributed by atoms with Gasteiger partial charge in [-0.2, -0.15) is 0 Å². The van der Waals surface area contributed by atoms with Crippen LogP contribution in [-0.2, 0) is 0 Å². The van der Waals surface area contributed by atoms with Crippen molar-refractivity contribution in [2.75, 3.05) is 0 Å². The van der Waals surface area contributed by atoms with Crippen molar-refractivity contribution in [3.8, 4) is 0 Å². The van der Waals surface area contributed by atoms with E-state index in [1.807, 2.05) is 6.92 Å². The third-order valence-corrected chi connectivity index (χ3v) is 2.20. The summed E-state index contributed by atoms with van der Waals surface area (Å²) in [4.78, 5) is 11.6. The molecule has 0 aliphatic carbocycles. The molecule has 78 valence electrons. The molecular formula is C11H17NO2. The zero-order valence-corrected chi connectivity index (χ0v) is 8.96. The van der Waals surface area contributed by atoms with Gasteiger partial charge in [0.2, 0.25) is 0 Å². The molecule has 0 fully saturated rings. The Morgan fingerprint density at radius 3 is 2.86 bits per heavy atom. The molecule has 1 aromatic rings. The molecule has 3 heteroatoms. The maximum absolute atomic E-state index is 11.6. The number of nitrogens with one attached hydrogen (secondary N) is 1. The normalized spacial score (nSPS) is 12.5. The first kappa shape index (κ1) is 10.8. The molecular weight excluding hydrogens is 178 g/mol. The van der Waals surface area contributed by atoms with Crippen molar-refractivity contribution in [2.45, 2.75) is 39.7 Å². The van der Waals surface area contributed by atoms with Gasteiger partial charge in [-0.3, -0.25) is 4.79 Å². The Morgan fingerprint density at radius 1 is 1.64 bits per heavy atom. The molecule has 1 aromatic heterocycles. The average Bonchev–Trinajstić information content (AvgIpc) is 2.51. The minimum absolute atomic E-state index is 0.0443. The van der Waals surface area contributed by atoms with E-state index >= 15 is 0 Å². The molecule has 1 atom stereocenters. The first-order valence-electron chi connectivity index (χ1n) is 5.00. The number of carbonyl (C=O) groups is 1. The maximum Gasteiger partial charge on any atom is 0.255 e. The van der Waals surface area contributed by atoms with Crippen LogP contribution in [0.4, 0.5) is 0 Å². The monoisotopic (exact) mass is 195 g/mol. The minimum Gasteiger partial charge on any atom is -0.469 e. The molecule has 3 nitrogen and oxygen atoms in total. The number of amides is 1. The lowest BCUT2D eigenvalue weighted by Crippen LogP contribution is -2.32. The van der Waals surface area contributed by atoms with E-state index in [1.54, 1.807) is 13.0 Å².